The van der Waals surface area contributed by atoms with E-state index in [-0.39, 0.29) is 0 Å². The van der Waals surface area contributed by atoms with Gasteiger partial charge in [-0.15, -0.1) is 0 Å². The lowest BCUT2D eigenvalue weighted by Gasteiger charge is -2.14. The van der Waals surface area contributed by atoms with Crippen molar-refractivity contribution in [2.75, 3.05) is 13.2 Å². The molecule has 18 heavy (non-hydrogen) atoms. The maximum absolute atomic E-state index is 11.9. The normalized spacial score (nSPS) is 12.2. The summed E-state index contributed by atoms with van der Waals surface area (Å²) in [5.41, 5.74) is 0. The molecule has 5 heteroatoms. The zero-order chi connectivity index (χ0) is 13.7. The van der Waals surface area contributed by atoms with E-state index in [1.165, 1.54) is 31.9 Å². The van der Waals surface area contributed by atoms with Crippen molar-refractivity contribution in [1.29, 1.82) is 0 Å². The van der Waals surface area contributed by atoms with Crippen molar-refractivity contribution in [1.82, 2.24) is 0 Å². The highest BCUT2D eigenvalue weighted by Crippen LogP contribution is 2.49. The molecule has 0 aliphatic rings. The Morgan fingerprint density at radius 3 is 2.11 bits per heavy atom. The quantitative estimate of drug-likeness (QED) is 0.284. The molecule has 108 valence electrons. The summed E-state index contributed by atoms with van der Waals surface area (Å²) in [6.07, 6.45) is 10.4. The van der Waals surface area contributed by atoms with Crippen LogP contribution in [0.2, 0.25) is 0 Å². The molecule has 0 saturated heterocycles. The minimum absolute atomic E-state index is 0.308. The van der Waals surface area contributed by atoms with Gasteiger partial charge in [0.2, 0.25) is 0 Å². The molecule has 0 fully saturated rings. The predicted molar refractivity (Wildman–Crippen MR) is 74.5 cm³/mol. The van der Waals surface area contributed by atoms with Gasteiger partial charge in [-0.2, -0.15) is 0 Å². The van der Waals surface area contributed by atoms with Gasteiger partial charge >= 0.3 is 7.82 Å². The maximum atomic E-state index is 11.9. The average Bonchev–Trinajstić information content (AvgIpc) is 2.33. The Labute approximate surface area is 111 Å². The van der Waals surface area contributed by atoms with E-state index >= 15 is 0 Å². The summed E-state index contributed by atoms with van der Waals surface area (Å²) < 4.78 is 26.9. The summed E-state index contributed by atoms with van der Waals surface area (Å²) in [4.78, 5) is 0. The van der Waals surface area contributed by atoms with Gasteiger partial charge in [-0.05, 0) is 32.8 Å². The molecule has 4 nitrogen and oxygen atoms in total. The molecule has 0 aliphatic heterocycles. The summed E-state index contributed by atoms with van der Waals surface area (Å²) in [5, 5.41) is 0. The van der Waals surface area contributed by atoms with Crippen molar-refractivity contribution in [2.45, 2.75) is 59.3 Å². The molecule has 0 heterocycles. The van der Waals surface area contributed by atoms with Crippen LogP contribution in [0, 0.1) is 0 Å². The third-order valence-corrected chi connectivity index (χ3v) is 3.86. The topological polar surface area (TPSA) is 44.8 Å². The molecular formula is C13H27O4P. The van der Waals surface area contributed by atoms with Gasteiger partial charge in [0.25, 0.3) is 0 Å². The van der Waals surface area contributed by atoms with E-state index < -0.39 is 7.82 Å². The Morgan fingerprint density at radius 1 is 0.944 bits per heavy atom. The van der Waals surface area contributed by atoms with Crippen LogP contribution >= 0.6 is 7.82 Å². The van der Waals surface area contributed by atoms with Crippen LogP contribution in [0.5, 0.6) is 0 Å². The first kappa shape index (κ1) is 17.7. The average molecular weight is 278 g/mol. The number of rotatable bonds is 12. The molecule has 0 atom stereocenters. The van der Waals surface area contributed by atoms with E-state index in [2.05, 4.69) is 6.92 Å². The van der Waals surface area contributed by atoms with Crippen LogP contribution in [0.15, 0.2) is 12.3 Å². The molecule has 0 radical (unpaired) electrons. The van der Waals surface area contributed by atoms with E-state index in [9.17, 15) is 4.57 Å². The van der Waals surface area contributed by atoms with Crippen molar-refractivity contribution >= 4 is 7.82 Å². The number of hydrogen-bond acceptors (Lipinski definition) is 4. The zero-order valence-corrected chi connectivity index (χ0v) is 12.8. The standard InChI is InChI=1S/C13H27O4P/c1-4-7-8-9-10-11-12-13-17-18(14,15-5-2)16-6-3/h12-13H,4-11H2,1-3H3. The van der Waals surface area contributed by atoms with Gasteiger partial charge in [-0.3, -0.25) is 9.05 Å². The van der Waals surface area contributed by atoms with Crippen LogP contribution in [0.1, 0.15) is 59.3 Å². The zero-order valence-electron chi connectivity index (χ0n) is 11.9. The van der Waals surface area contributed by atoms with E-state index in [4.69, 9.17) is 13.6 Å². The van der Waals surface area contributed by atoms with Crippen molar-refractivity contribution < 1.29 is 18.1 Å². The number of allylic oxidation sites excluding steroid dienone is 1. The highest BCUT2D eigenvalue weighted by Gasteiger charge is 2.24. The maximum Gasteiger partial charge on any atom is 0.529 e. The summed E-state index contributed by atoms with van der Waals surface area (Å²) >= 11 is 0. The summed E-state index contributed by atoms with van der Waals surface area (Å²) in [7, 11) is -3.37. The van der Waals surface area contributed by atoms with E-state index in [1.807, 2.05) is 6.08 Å². The van der Waals surface area contributed by atoms with Gasteiger partial charge < -0.3 is 4.52 Å². The minimum Gasteiger partial charge on any atom is -0.412 e. The second kappa shape index (κ2) is 11.8. The summed E-state index contributed by atoms with van der Waals surface area (Å²) in [5.74, 6) is 0. The summed E-state index contributed by atoms with van der Waals surface area (Å²) in [6.45, 7) is 6.33. The fraction of sp³-hybridized carbons (Fsp3) is 0.846. The highest BCUT2D eigenvalue weighted by molar-refractivity contribution is 7.48. The fourth-order valence-corrected chi connectivity index (χ4v) is 2.53. The third kappa shape index (κ3) is 9.69. The third-order valence-electron chi connectivity index (χ3n) is 2.33. The Balaban J connectivity index is 3.73. The molecule has 0 aromatic rings. The molecule has 0 aliphatic carbocycles. The molecule has 0 rings (SSSR count). The molecule has 0 aromatic heterocycles. The van der Waals surface area contributed by atoms with Crippen LogP contribution in [-0.2, 0) is 18.1 Å². The molecular weight excluding hydrogens is 251 g/mol. The first-order valence-electron chi connectivity index (χ1n) is 6.91. The van der Waals surface area contributed by atoms with Crippen molar-refractivity contribution in [3.05, 3.63) is 12.3 Å². The second-order valence-electron chi connectivity index (χ2n) is 3.96. The lowest BCUT2D eigenvalue weighted by Crippen LogP contribution is -1.96. The Bertz CT molecular complexity index is 243. The second-order valence-corrected chi connectivity index (χ2v) is 5.58. The Morgan fingerprint density at radius 2 is 1.56 bits per heavy atom. The van der Waals surface area contributed by atoms with Gasteiger partial charge in [0.1, 0.15) is 0 Å². The van der Waals surface area contributed by atoms with Gasteiger partial charge in [0.15, 0.2) is 0 Å². The largest absolute Gasteiger partial charge is 0.529 e. The van der Waals surface area contributed by atoms with E-state index in [0.717, 1.165) is 12.8 Å². The van der Waals surface area contributed by atoms with Gasteiger partial charge in [0, 0.05) is 0 Å². The van der Waals surface area contributed by atoms with Crippen LogP contribution in [0.4, 0.5) is 0 Å². The van der Waals surface area contributed by atoms with Crippen molar-refractivity contribution in [3.63, 3.8) is 0 Å². The number of phosphoric acid groups is 1. The smallest absolute Gasteiger partial charge is 0.412 e. The monoisotopic (exact) mass is 278 g/mol. The van der Waals surface area contributed by atoms with Crippen LogP contribution in [-0.4, -0.2) is 13.2 Å². The van der Waals surface area contributed by atoms with E-state index in [1.54, 1.807) is 13.8 Å². The Kier molecular flexibility index (Phi) is 11.6. The van der Waals surface area contributed by atoms with Crippen LogP contribution in [0.3, 0.4) is 0 Å². The van der Waals surface area contributed by atoms with Gasteiger partial charge in [-0.1, -0.05) is 32.6 Å². The lowest BCUT2D eigenvalue weighted by molar-refractivity contribution is 0.153. The van der Waals surface area contributed by atoms with E-state index in [0.29, 0.717) is 13.2 Å². The van der Waals surface area contributed by atoms with Gasteiger partial charge in [0.05, 0.1) is 19.5 Å². The Hall–Kier alpha value is -0.310. The molecule has 0 aromatic carbocycles. The fourth-order valence-electron chi connectivity index (χ4n) is 1.47. The van der Waals surface area contributed by atoms with Crippen LogP contribution in [0.25, 0.3) is 0 Å². The predicted octanol–water partition coefficient (Wildman–Crippen LogP) is 5.06. The number of hydrogen-bond donors (Lipinski definition) is 0. The molecule has 0 unspecified atom stereocenters. The molecule has 0 bridgehead atoms. The minimum atomic E-state index is -3.37. The first-order chi connectivity index (χ1) is 8.68. The molecule has 0 saturated carbocycles. The van der Waals surface area contributed by atoms with Crippen LogP contribution < -0.4 is 0 Å². The van der Waals surface area contributed by atoms with Crippen molar-refractivity contribution in [3.8, 4) is 0 Å². The summed E-state index contributed by atoms with van der Waals surface area (Å²) in [6, 6.07) is 0. The first-order valence-corrected chi connectivity index (χ1v) is 8.37. The SMILES string of the molecule is CCCCCCCC=COP(=O)(OCC)OCC. The lowest BCUT2D eigenvalue weighted by atomic mass is 10.1. The van der Waals surface area contributed by atoms with Crippen molar-refractivity contribution in [2.24, 2.45) is 0 Å². The molecule has 0 spiro atoms. The van der Waals surface area contributed by atoms with Gasteiger partial charge in [-0.25, -0.2) is 4.57 Å². The molecule has 0 N–H and O–H groups in total. The number of unbranched alkanes of at least 4 members (excludes halogenated alkanes) is 5. The number of phosphoric ester groups is 1. The highest BCUT2D eigenvalue weighted by atomic mass is 31.2. The molecule has 0 amide bonds.